The average Bonchev–Trinajstić information content (AvgIpc) is 2.89. The molecule has 0 radical (unpaired) electrons. The minimum Gasteiger partial charge on any atom is -0.311 e. The van der Waals surface area contributed by atoms with Gasteiger partial charge in [-0.15, -0.1) is 0 Å². The molecule has 0 heterocycles. The smallest absolute Gasteiger partial charge is 0.0990 e. The molecule has 4 bridgehead atoms. The lowest BCUT2D eigenvalue weighted by atomic mass is 9.65. The molecule has 4 heteroatoms. The molecule has 3 saturated carbocycles. The number of hydrogen-bond acceptors (Lipinski definition) is 4. The molecule has 3 fully saturated rings. The molecule has 88 valence electrons. The van der Waals surface area contributed by atoms with Crippen LogP contribution in [0.1, 0.15) is 12.8 Å². The van der Waals surface area contributed by atoms with Crippen LogP contribution in [0, 0.1) is 35.5 Å². The molecule has 4 rings (SSSR count). The first kappa shape index (κ1) is 9.59. The minimum absolute atomic E-state index is 0.317. The van der Waals surface area contributed by atoms with Crippen molar-refractivity contribution in [3.8, 4) is 0 Å². The van der Waals surface area contributed by atoms with Crippen molar-refractivity contribution in [3.63, 3.8) is 0 Å². The molecule has 0 spiro atoms. The predicted octanol–water partition coefficient (Wildman–Crippen LogP) is -0.698. The van der Waals surface area contributed by atoms with Gasteiger partial charge in [-0.05, 0) is 48.3 Å². The van der Waals surface area contributed by atoms with Gasteiger partial charge in [-0.1, -0.05) is 12.2 Å². The van der Waals surface area contributed by atoms with E-state index in [2.05, 4.69) is 12.2 Å². The van der Waals surface area contributed by atoms with Gasteiger partial charge >= 0.3 is 0 Å². The van der Waals surface area contributed by atoms with E-state index in [-0.39, 0.29) is 0 Å². The lowest BCUT2D eigenvalue weighted by molar-refractivity contribution is 0.0453. The molecule has 8 N–H and O–H groups in total. The van der Waals surface area contributed by atoms with Crippen LogP contribution in [0.15, 0.2) is 12.2 Å². The zero-order chi connectivity index (χ0) is 11.3. The molecule has 6 atom stereocenters. The summed E-state index contributed by atoms with van der Waals surface area (Å²) in [5.74, 6) is 3.31. The van der Waals surface area contributed by atoms with Gasteiger partial charge in [-0.3, -0.25) is 0 Å². The molecule has 16 heavy (non-hydrogen) atoms. The van der Waals surface area contributed by atoms with Crippen LogP contribution in [-0.2, 0) is 0 Å². The van der Waals surface area contributed by atoms with E-state index in [9.17, 15) is 0 Å². The summed E-state index contributed by atoms with van der Waals surface area (Å²) in [5.41, 5.74) is 23.2. The highest BCUT2D eigenvalue weighted by atomic mass is 15.2. The van der Waals surface area contributed by atoms with Crippen LogP contribution in [0.2, 0.25) is 0 Å². The Morgan fingerprint density at radius 1 is 0.750 bits per heavy atom. The third-order valence-electron chi connectivity index (χ3n) is 6.00. The monoisotopic (exact) mass is 220 g/mol. The summed E-state index contributed by atoms with van der Waals surface area (Å²) in [7, 11) is 0. The van der Waals surface area contributed by atoms with Gasteiger partial charge in [0.05, 0.1) is 11.3 Å². The van der Waals surface area contributed by atoms with Crippen molar-refractivity contribution in [1.29, 1.82) is 0 Å². The topological polar surface area (TPSA) is 104 Å². The van der Waals surface area contributed by atoms with Gasteiger partial charge in [0, 0.05) is 0 Å². The summed E-state index contributed by atoms with van der Waals surface area (Å²) in [6, 6.07) is 0. The van der Waals surface area contributed by atoms with Crippen LogP contribution < -0.4 is 22.9 Å². The van der Waals surface area contributed by atoms with E-state index >= 15 is 0 Å². The van der Waals surface area contributed by atoms with Crippen molar-refractivity contribution in [2.45, 2.75) is 24.2 Å². The maximum absolute atomic E-state index is 6.23. The molecule has 2 unspecified atom stereocenters. The second-order valence-electron chi connectivity index (χ2n) is 6.42. The predicted molar refractivity (Wildman–Crippen MR) is 61.5 cm³/mol. The fourth-order valence-corrected chi connectivity index (χ4v) is 5.29. The average molecular weight is 220 g/mol. The Hall–Kier alpha value is -0.420. The molecule has 0 saturated heterocycles. The molecule has 0 aromatic rings. The molecule has 0 aromatic heterocycles. The molecular formula is C12H20N4. The highest BCUT2D eigenvalue weighted by molar-refractivity contribution is 5.29. The summed E-state index contributed by atoms with van der Waals surface area (Å²) in [6.07, 6.45) is 7.02. The van der Waals surface area contributed by atoms with Crippen molar-refractivity contribution in [1.82, 2.24) is 0 Å². The van der Waals surface area contributed by atoms with E-state index < -0.39 is 11.3 Å². The molecule has 0 aliphatic heterocycles. The molecule has 4 aliphatic rings. The lowest BCUT2D eigenvalue weighted by Crippen LogP contribution is -2.80. The zero-order valence-corrected chi connectivity index (χ0v) is 9.34. The zero-order valence-electron chi connectivity index (χ0n) is 9.34. The van der Waals surface area contributed by atoms with Crippen LogP contribution in [0.25, 0.3) is 0 Å². The summed E-state index contributed by atoms with van der Waals surface area (Å²) < 4.78 is 0. The van der Waals surface area contributed by atoms with Gasteiger partial charge in [0.15, 0.2) is 0 Å². The van der Waals surface area contributed by atoms with E-state index in [0.717, 1.165) is 6.42 Å². The summed E-state index contributed by atoms with van der Waals surface area (Å²) in [5, 5.41) is 0. The second kappa shape index (κ2) is 2.38. The number of nitrogens with two attached hydrogens (primary N) is 4. The van der Waals surface area contributed by atoms with Crippen molar-refractivity contribution in [3.05, 3.63) is 12.2 Å². The lowest BCUT2D eigenvalue weighted by Gasteiger charge is -2.50. The van der Waals surface area contributed by atoms with Crippen LogP contribution in [0.3, 0.4) is 0 Å². The van der Waals surface area contributed by atoms with Crippen molar-refractivity contribution in [2.24, 2.45) is 58.4 Å². The Balaban J connectivity index is 1.83. The Labute approximate surface area is 95.4 Å². The summed E-state index contributed by atoms with van der Waals surface area (Å²) in [4.78, 5) is 0. The largest absolute Gasteiger partial charge is 0.311 e. The maximum Gasteiger partial charge on any atom is 0.0990 e. The van der Waals surface area contributed by atoms with Crippen molar-refractivity contribution in [2.75, 3.05) is 0 Å². The maximum atomic E-state index is 6.23. The molecule has 0 amide bonds. The Morgan fingerprint density at radius 2 is 1.19 bits per heavy atom. The van der Waals surface area contributed by atoms with E-state index in [1.807, 2.05) is 0 Å². The Bertz CT molecular complexity index is 352. The number of fused-ring (bicyclic) bond motifs is 9. The Morgan fingerprint density at radius 3 is 1.62 bits per heavy atom. The number of allylic oxidation sites excluding steroid dienone is 2. The third kappa shape index (κ3) is 0.749. The van der Waals surface area contributed by atoms with Crippen molar-refractivity contribution >= 4 is 0 Å². The first-order valence-electron chi connectivity index (χ1n) is 6.28. The van der Waals surface area contributed by atoms with E-state index in [1.54, 1.807) is 0 Å². The van der Waals surface area contributed by atoms with Crippen LogP contribution in [-0.4, -0.2) is 11.3 Å². The SMILES string of the molecule is NC1(N)[C@@H]2C[C@@H](C3C2[C@H]2C=C[C@@H]3C2)C1(N)N. The minimum atomic E-state index is -0.878. The van der Waals surface area contributed by atoms with Crippen LogP contribution in [0.5, 0.6) is 0 Å². The molecular weight excluding hydrogens is 200 g/mol. The van der Waals surface area contributed by atoms with E-state index in [1.165, 1.54) is 6.42 Å². The summed E-state index contributed by atoms with van der Waals surface area (Å²) >= 11 is 0. The number of hydrogen-bond donors (Lipinski definition) is 4. The first-order chi connectivity index (χ1) is 7.44. The normalized spacial score (nSPS) is 58.2. The standard InChI is InChI=1S/C12H20N4/c13-11(14)7-4-8(12(11,15)16)10-6-2-1-5(3-6)9(7)10/h1-2,5-10H,3-4,13-16H2/t5-,6+,7+,8-,9?,10?. The van der Waals surface area contributed by atoms with Gasteiger partial charge in [0.1, 0.15) is 0 Å². The van der Waals surface area contributed by atoms with Crippen LogP contribution in [0.4, 0.5) is 0 Å². The fourth-order valence-electron chi connectivity index (χ4n) is 5.29. The van der Waals surface area contributed by atoms with E-state index in [4.69, 9.17) is 22.9 Å². The quantitative estimate of drug-likeness (QED) is 0.246. The number of rotatable bonds is 0. The highest BCUT2D eigenvalue weighted by Crippen LogP contribution is 2.67. The fraction of sp³-hybridized carbons (Fsp3) is 0.833. The van der Waals surface area contributed by atoms with Gasteiger partial charge in [0.25, 0.3) is 0 Å². The molecule has 4 aliphatic carbocycles. The van der Waals surface area contributed by atoms with Gasteiger partial charge in [-0.25, -0.2) is 0 Å². The van der Waals surface area contributed by atoms with Gasteiger partial charge in [0.2, 0.25) is 0 Å². The Kier molecular flexibility index (Phi) is 1.43. The van der Waals surface area contributed by atoms with E-state index in [0.29, 0.717) is 35.5 Å². The highest BCUT2D eigenvalue weighted by Gasteiger charge is 2.72. The summed E-state index contributed by atoms with van der Waals surface area (Å²) in [6.45, 7) is 0. The van der Waals surface area contributed by atoms with Crippen molar-refractivity contribution < 1.29 is 0 Å². The first-order valence-corrected chi connectivity index (χ1v) is 6.28. The molecule has 0 aromatic carbocycles. The second-order valence-corrected chi connectivity index (χ2v) is 6.42. The van der Waals surface area contributed by atoms with Gasteiger partial charge < -0.3 is 22.9 Å². The van der Waals surface area contributed by atoms with Crippen LogP contribution >= 0.6 is 0 Å². The van der Waals surface area contributed by atoms with Gasteiger partial charge in [-0.2, -0.15) is 0 Å². The third-order valence-corrected chi connectivity index (χ3v) is 6.00. The molecule has 4 nitrogen and oxygen atoms in total.